The average Bonchev–Trinajstić information content (AvgIpc) is 2.73. The summed E-state index contributed by atoms with van der Waals surface area (Å²) in [5.74, 6) is 0.693. The summed E-state index contributed by atoms with van der Waals surface area (Å²) in [4.78, 5) is 10.2. The zero-order valence-electron chi connectivity index (χ0n) is 15.5. The Labute approximate surface area is 163 Å². The SMILES string of the molecule is COc1ccccc1C1(CNS(=O)(=O)c2cccc([N+](=O)[O-])c2)CCOCC1. The molecule has 0 atom stereocenters. The second-order valence-electron chi connectivity index (χ2n) is 6.67. The first-order chi connectivity index (χ1) is 13.4. The molecule has 1 heterocycles. The van der Waals surface area contributed by atoms with E-state index in [9.17, 15) is 18.5 Å². The number of nitro groups is 1. The van der Waals surface area contributed by atoms with E-state index < -0.39 is 20.4 Å². The molecule has 3 rings (SSSR count). The van der Waals surface area contributed by atoms with Crippen molar-refractivity contribution >= 4 is 15.7 Å². The molecule has 0 saturated carbocycles. The van der Waals surface area contributed by atoms with Crippen LogP contribution in [-0.2, 0) is 20.2 Å². The number of nitrogens with zero attached hydrogens (tertiary/aromatic N) is 1. The largest absolute Gasteiger partial charge is 0.496 e. The molecule has 2 aromatic carbocycles. The van der Waals surface area contributed by atoms with Gasteiger partial charge in [-0.3, -0.25) is 10.1 Å². The van der Waals surface area contributed by atoms with Crippen LogP contribution in [0.4, 0.5) is 5.69 Å². The van der Waals surface area contributed by atoms with Crippen LogP contribution in [-0.4, -0.2) is 40.2 Å². The Morgan fingerprint density at radius 1 is 1.18 bits per heavy atom. The molecule has 1 saturated heterocycles. The summed E-state index contributed by atoms with van der Waals surface area (Å²) in [7, 11) is -2.33. The van der Waals surface area contributed by atoms with E-state index in [0.717, 1.165) is 11.6 Å². The molecule has 1 fully saturated rings. The molecular weight excluding hydrogens is 384 g/mol. The monoisotopic (exact) mass is 406 g/mol. The Kier molecular flexibility index (Phi) is 5.97. The fourth-order valence-corrected chi connectivity index (χ4v) is 4.63. The molecule has 1 aliphatic rings. The Bertz CT molecular complexity index is 954. The van der Waals surface area contributed by atoms with Gasteiger partial charge in [-0.25, -0.2) is 13.1 Å². The van der Waals surface area contributed by atoms with Crippen molar-refractivity contribution in [3.05, 3.63) is 64.2 Å². The number of para-hydroxylation sites is 1. The zero-order valence-corrected chi connectivity index (χ0v) is 16.3. The lowest BCUT2D eigenvalue weighted by atomic mass is 9.74. The van der Waals surface area contributed by atoms with Gasteiger partial charge in [-0.15, -0.1) is 0 Å². The van der Waals surface area contributed by atoms with Crippen LogP contribution in [0.2, 0.25) is 0 Å². The van der Waals surface area contributed by atoms with Crippen LogP contribution in [0, 0.1) is 10.1 Å². The summed E-state index contributed by atoms with van der Waals surface area (Å²) in [6.07, 6.45) is 1.26. The van der Waals surface area contributed by atoms with Crippen LogP contribution in [0.3, 0.4) is 0 Å². The Balaban J connectivity index is 1.90. The number of hydrogen-bond acceptors (Lipinski definition) is 6. The van der Waals surface area contributed by atoms with E-state index in [-0.39, 0.29) is 17.1 Å². The maximum Gasteiger partial charge on any atom is 0.270 e. The number of ether oxygens (including phenoxy) is 2. The van der Waals surface area contributed by atoms with Gasteiger partial charge in [-0.2, -0.15) is 0 Å². The summed E-state index contributed by atoms with van der Waals surface area (Å²) in [6, 6.07) is 12.6. The predicted molar refractivity (Wildman–Crippen MR) is 103 cm³/mol. The van der Waals surface area contributed by atoms with Gasteiger partial charge in [0.2, 0.25) is 10.0 Å². The molecule has 28 heavy (non-hydrogen) atoms. The predicted octanol–water partition coefficient (Wildman–Crippen LogP) is 2.63. The second kappa shape index (κ2) is 8.26. The van der Waals surface area contributed by atoms with Crippen LogP contribution >= 0.6 is 0 Å². The van der Waals surface area contributed by atoms with E-state index in [0.29, 0.717) is 31.8 Å². The van der Waals surface area contributed by atoms with Crippen molar-refractivity contribution in [2.45, 2.75) is 23.2 Å². The summed E-state index contributed by atoms with van der Waals surface area (Å²) in [6.45, 7) is 1.16. The number of sulfonamides is 1. The van der Waals surface area contributed by atoms with Gasteiger partial charge in [0.1, 0.15) is 5.75 Å². The normalized spacial score (nSPS) is 16.5. The molecule has 9 heteroatoms. The highest BCUT2D eigenvalue weighted by atomic mass is 32.2. The Morgan fingerprint density at radius 2 is 1.89 bits per heavy atom. The van der Waals surface area contributed by atoms with Gasteiger partial charge < -0.3 is 9.47 Å². The molecule has 0 amide bonds. The van der Waals surface area contributed by atoms with E-state index >= 15 is 0 Å². The van der Waals surface area contributed by atoms with E-state index in [1.165, 1.54) is 18.2 Å². The van der Waals surface area contributed by atoms with Crippen molar-refractivity contribution in [2.75, 3.05) is 26.9 Å². The van der Waals surface area contributed by atoms with Crippen molar-refractivity contribution in [1.29, 1.82) is 0 Å². The first-order valence-electron chi connectivity index (χ1n) is 8.83. The molecule has 0 radical (unpaired) electrons. The number of nitrogens with one attached hydrogen (secondary N) is 1. The Hall–Kier alpha value is -2.49. The quantitative estimate of drug-likeness (QED) is 0.559. The second-order valence-corrected chi connectivity index (χ2v) is 8.44. The molecular formula is C19H22N2O6S. The molecule has 0 bridgehead atoms. The van der Waals surface area contributed by atoms with E-state index in [1.807, 2.05) is 24.3 Å². The van der Waals surface area contributed by atoms with Gasteiger partial charge in [0.05, 0.1) is 16.9 Å². The molecule has 8 nitrogen and oxygen atoms in total. The first kappa shape index (κ1) is 20.2. The highest BCUT2D eigenvalue weighted by Gasteiger charge is 2.38. The maximum atomic E-state index is 12.8. The third kappa shape index (κ3) is 4.16. The third-order valence-corrected chi connectivity index (χ3v) is 6.47. The lowest BCUT2D eigenvalue weighted by Crippen LogP contribution is -2.44. The molecule has 2 aromatic rings. The lowest BCUT2D eigenvalue weighted by molar-refractivity contribution is -0.385. The summed E-state index contributed by atoms with van der Waals surface area (Å²) in [5.41, 5.74) is 0.162. The van der Waals surface area contributed by atoms with Crippen molar-refractivity contribution < 1.29 is 22.8 Å². The first-order valence-corrected chi connectivity index (χ1v) is 10.3. The van der Waals surface area contributed by atoms with Gasteiger partial charge in [-0.05, 0) is 25.0 Å². The topological polar surface area (TPSA) is 108 Å². The van der Waals surface area contributed by atoms with Crippen LogP contribution in [0.15, 0.2) is 53.4 Å². The maximum absolute atomic E-state index is 12.8. The van der Waals surface area contributed by atoms with E-state index in [4.69, 9.17) is 9.47 Å². The van der Waals surface area contributed by atoms with E-state index in [2.05, 4.69) is 4.72 Å². The summed E-state index contributed by atoms with van der Waals surface area (Å²) in [5, 5.41) is 11.0. The molecule has 0 aliphatic carbocycles. The minimum Gasteiger partial charge on any atom is -0.496 e. The minimum absolute atomic E-state index is 0.135. The number of hydrogen-bond donors (Lipinski definition) is 1. The molecule has 1 N–H and O–H groups in total. The molecule has 0 unspecified atom stereocenters. The van der Waals surface area contributed by atoms with Crippen LogP contribution in [0.5, 0.6) is 5.75 Å². The van der Waals surface area contributed by atoms with Crippen LogP contribution in [0.1, 0.15) is 18.4 Å². The minimum atomic E-state index is -3.92. The van der Waals surface area contributed by atoms with Gasteiger partial charge >= 0.3 is 0 Å². The van der Waals surface area contributed by atoms with Crippen molar-refractivity contribution in [3.63, 3.8) is 0 Å². The summed E-state index contributed by atoms with van der Waals surface area (Å²) < 4.78 is 39.2. The number of non-ortho nitro benzene ring substituents is 1. The van der Waals surface area contributed by atoms with Gasteiger partial charge in [-0.1, -0.05) is 24.3 Å². The van der Waals surface area contributed by atoms with Gasteiger partial charge in [0.25, 0.3) is 5.69 Å². The fourth-order valence-electron chi connectivity index (χ4n) is 3.47. The van der Waals surface area contributed by atoms with Crippen LogP contribution < -0.4 is 9.46 Å². The van der Waals surface area contributed by atoms with Crippen molar-refractivity contribution in [3.8, 4) is 5.75 Å². The number of methoxy groups -OCH3 is 1. The number of nitro benzene ring substituents is 1. The molecule has 1 aliphatic heterocycles. The fraction of sp³-hybridized carbons (Fsp3) is 0.368. The smallest absolute Gasteiger partial charge is 0.270 e. The lowest BCUT2D eigenvalue weighted by Gasteiger charge is -2.38. The molecule has 0 spiro atoms. The molecule has 0 aromatic heterocycles. The van der Waals surface area contributed by atoms with E-state index in [1.54, 1.807) is 7.11 Å². The van der Waals surface area contributed by atoms with Gasteiger partial charge in [0, 0.05) is 42.9 Å². The highest BCUT2D eigenvalue weighted by molar-refractivity contribution is 7.89. The highest BCUT2D eigenvalue weighted by Crippen LogP contribution is 2.39. The standard InChI is InChI=1S/C19H22N2O6S/c1-26-18-8-3-2-7-17(18)19(9-11-27-12-10-19)14-20-28(24,25)16-6-4-5-15(13-16)21(22)23/h2-8,13,20H,9-12,14H2,1H3. The van der Waals surface area contributed by atoms with Crippen LogP contribution in [0.25, 0.3) is 0 Å². The van der Waals surface area contributed by atoms with Gasteiger partial charge in [0.15, 0.2) is 0 Å². The molecule has 150 valence electrons. The third-order valence-electron chi connectivity index (χ3n) is 5.07. The zero-order chi connectivity index (χ0) is 20.2. The Morgan fingerprint density at radius 3 is 2.57 bits per heavy atom. The average molecular weight is 406 g/mol. The van der Waals surface area contributed by atoms with Crippen molar-refractivity contribution in [2.24, 2.45) is 0 Å². The van der Waals surface area contributed by atoms with Crippen molar-refractivity contribution in [1.82, 2.24) is 4.72 Å². The number of benzene rings is 2. The summed E-state index contributed by atoms with van der Waals surface area (Å²) >= 11 is 0. The number of rotatable bonds is 7.